The Hall–Kier alpha value is -1.25. The minimum absolute atomic E-state index is 0.0232. The van der Waals surface area contributed by atoms with E-state index in [2.05, 4.69) is 5.32 Å². The monoisotopic (exact) mass is 166 g/mol. The lowest BCUT2D eigenvalue weighted by Crippen LogP contribution is -2.21. The second-order valence-electron chi connectivity index (χ2n) is 2.77. The number of carbonyl (C=O) groups is 1. The Bertz CT molecular complexity index is 289. The summed E-state index contributed by atoms with van der Waals surface area (Å²) in [5.74, 6) is -0.0232. The van der Waals surface area contributed by atoms with Crippen LogP contribution < -0.4 is 5.32 Å². The Morgan fingerprint density at radius 3 is 2.83 bits per heavy atom. The molecule has 1 amide bonds. The smallest absolute Gasteiger partial charge is 0.267 e. The molecule has 12 heavy (non-hydrogen) atoms. The van der Waals surface area contributed by atoms with Crippen LogP contribution in [0.15, 0.2) is 12.3 Å². The SMILES string of the molecule is CCn1cc(C)cc1C(=O)NC. The molecule has 0 saturated heterocycles. The van der Waals surface area contributed by atoms with Gasteiger partial charge in [0.15, 0.2) is 0 Å². The van der Waals surface area contributed by atoms with E-state index in [4.69, 9.17) is 0 Å². The van der Waals surface area contributed by atoms with Gasteiger partial charge < -0.3 is 9.88 Å². The minimum atomic E-state index is -0.0232. The highest BCUT2D eigenvalue weighted by atomic mass is 16.1. The summed E-state index contributed by atoms with van der Waals surface area (Å²) < 4.78 is 1.94. The molecule has 1 aromatic heterocycles. The highest BCUT2D eigenvalue weighted by Crippen LogP contribution is 2.07. The van der Waals surface area contributed by atoms with Crippen molar-refractivity contribution in [3.05, 3.63) is 23.5 Å². The molecule has 0 saturated carbocycles. The summed E-state index contributed by atoms with van der Waals surface area (Å²) in [5, 5.41) is 2.61. The van der Waals surface area contributed by atoms with E-state index in [-0.39, 0.29) is 5.91 Å². The van der Waals surface area contributed by atoms with Gasteiger partial charge in [0.2, 0.25) is 0 Å². The van der Waals surface area contributed by atoms with Crippen LogP contribution in [0.1, 0.15) is 23.0 Å². The van der Waals surface area contributed by atoms with Crippen molar-refractivity contribution in [2.75, 3.05) is 7.05 Å². The number of hydrogen-bond donors (Lipinski definition) is 1. The topological polar surface area (TPSA) is 34.0 Å². The van der Waals surface area contributed by atoms with Gasteiger partial charge >= 0.3 is 0 Å². The standard InChI is InChI=1S/C9H14N2O/c1-4-11-6-7(2)5-8(11)9(12)10-3/h5-6H,4H2,1-3H3,(H,10,12). The van der Waals surface area contributed by atoms with Crippen molar-refractivity contribution in [2.45, 2.75) is 20.4 Å². The number of aryl methyl sites for hydroxylation is 2. The number of carbonyl (C=O) groups excluding carboxylic acids is 1. The molecule has 0 aliphatic rings. The molecule has 0 unspecified atom stereocenters. The maximum atomic E-state index is 11.3. The number of hydrogen-bond acceptors (Lipinski definition) is 1. The Kier molecular flexibility index (Phi) is 2.53. The molecule has 0 aromatic carbocycles. The van der Waals surface area contributed by atoms with Gasteiger partial charge in [-0.3, -0.25) is 4.79 Å². The van der Waals surface area contributed by atoms with E-state index in [9.17, 15) is 4.79 Å². The number of amides is 1. The van der Waals surface area contributed by atoms with Crippen molar-refractivity contribution in [1.82, 2.24) is 9.88 Å². The van der Waals surface area contributed by atoms with Crippen LogP contribution in [0.25, 0.3) is 0 Å². The molecule has 0 aliphatic heterocycles. The van der Waals surface area contributed by atoms with Crippen LogP contribution in [0.5, 0.6) is 0 Å². The molecule has 1 N–H and O–H groups in total. The quantitative estimate of drug-likeness (QED) is 0.703. The Balaban J connectivity index is 3.04. The van der Waals surface area contributed by atoms with E-state index < -0.39 is 0 Å². The van der Waals surface area contributed by atoms with Crippen LogP contribution in [-0.2, 0) is 6.54 Å². The number of rotatable bonds is 2. The van der Waals surface area contributed by atoms with Gasteiger partial charge in [0, 0.05) is 19.8 Å². The summed E-state index contributed by atoms with van der Waals surface area (Å²) >= 11 is 0. The van der Waals surface area contributed by atoms with E-state index >= 15 is 0 Å². The van der Waals surface area contributed by atoms with Crippen molar-refractivity contribution < 1.29 is 4.79 Å². The van der Waals surface area contributed by atoms with Gasteiger partial charge in [-0.05, 0) is 25.5 Å². The Morgan fingerprint density at radius 2 is 2.33 bits per heavy atom. The van der Waals surface area contributed by atoms with E-state index in [1.807, 2.05) is 30.7 Å². The molecular formula is C9H14N2O. The van der Waals surface area contributed by atoms with Crippen molar-refractivity contribution in [3.8, 4) is 0 Å². The lowest BCUT2D eigenvalue weighted by molar-refractivity contribution is 0.0954. The highest BCUT2D eigenvalue weighted by Gasteiger charge is 2.08. The lowest BCUT2D eigenvalue weighted by atomic mass is 10.3. The summed E-state index contributed by atoms with van der Waals surface area (Å²) in [6, 6.07) is 1.89. The van der Waals surface area contributed by atoms with Crippen molar-refractivity contribution in [1.29, 1.82) is 0 Å². The molecule has 1 heterocycles. The maximum Gasteiger partial charge on any atom is 0.267 e. The molecule has 0 fully saturated rings. The molecule has 0 aliphatic carbocycles. The number of aromatic nitrogens is 1. The molecule has 3 heteroatoms. The molecule has 0 spiro atoms. The highest BCUT2D eigenvalue weighted by molar-refractivity contribution is 5.92. The largest absolute Gasteiger partial charge is 0.354 e. The van der Waals surface area contributed by atoms with Crippen LogP contribution >= 0.6 is 0 Å². The third-order valence-electron chi connectivity index (χ3n) is 1.83. The fourth-order valence-corrected chi connectivity index (χ4v) is 1.24. The third-order valence-corrected chi connectivity index (χ3v) is 1.83. The molecular weight excluding hydrogens is 152 g/mol. The summed E-state index contributed by atoms with van der Waals surface area (Å²) in [5.41, 5.74) is 1.85. The first-order valence-corrected chi connectivity index (χ1v) is 4.08. The van der Waals surface area contributed by atoms with E-state index in [1.54, 1.807) is 7.05 Å². The van der Waals surface area contributed by atoms with E-state index in [0.717, 1.165) is 17.8 Å². The number of nitrogens with one attached hydrogen (secondary N) is 1. The molecule has 0 bridgehead atoms. The molecule has 66 valence electrons. The van der Waals surface area contributed by atoms with Gasteiger partial charge in [-0.1, -0.05) is 0 Å². The van der Waals surface area contributed by atoms with Crippen LogP contribution in [-0.4, -0.2) is 17.5 Å². The van der Waals surface area contributed by atoms with Crippen molar-refractivity contribution in [2.24, 2.45) is 0 Å². The van der Waals surface area contributed by atoms with E-state index in [0.29, 0.717) is 0 Å². The second kappa shape index (κ2) is 3.43. The number of nitrogens with zero attached hydrogens (tertiary/aromatic N) is 1. The first kappa shape index (κ1) is 8.84. The Labute approximate surface area is 72.4 Å². The van der Waals surface area contributed by atoms with Crippen LogP contribution in [0.3, 0.4) is 0 Å². The average molecular weight is 166 g/mol. The predicted molar refractivity (Wildman–Crippen MR) is 48.2 cm³/mol. The summed E-state index contributed by atoms with van der Waals surface area (Å²) in [7, 11) is 1.64. The normalized spacial score (nSPS) is 9.92. The van der Waals surface area contributed by atoms with Crippen LogP contribution in [0.4, 0.5) is 0 Å². The fraction of sp³-hybridized carbons (Fsp3) is 0.444. The lowest BCUT2D eigenvalue weighted by Gasteiger charge is -2.03. The van der Waals surface area contributed by atoms with Gasteiger partial charge in [-0.25, -0.2) is 0 Å². The molecule has 3 nitrogen and oxygen atoms in total. The minimum Gasteiger partial charge on any atom is -0.354 e. The fourth-order valence-electron chi connectivity index (χ4n) is 1.24. The molecule has 0 atom stereocenters. The van der Waals surface area contributed by atoms with Crippen LogP contribution in [0.2, 0.25) is 0 Å². The second-order valence-corrected chi connectivity index (χ2v) is 2.77. The zero-order chi connectivity index (χ0) is 9.14. The maximum absolute atomic E-state index is 11.3. The predicted octanol–water partition coefficient (Wildman–Crippen LogP) is 1.18. The van der Waals surface area contributed by atoms with Gasteiger partial charge in [0.1, 0.15) is 5.69 Å². The molecule has 0 radical (unpaired) electrons. The average Bonchev–Trinajstić information content (AvgIpc) is 2.45. The van der Waals surface area contributed by atoms with Crippen molar-refractivity contribution >= 4 is 5.91 Å². The first-order chi connectivity index (χ1) is 5.69. The molecule has 1 aromatic rings. The van der Waals surface area contributed by atoms with E-state index in [1.165, 1.54) is 0 Å². The molecule has 1 rings (SSSR count). The first-order valence-electron chi connectivity index (χ1n) is 4.08. The van der Waals surface area contributed by atoms with Gasteiger partial charge in [0.05, 0.1) is 0 Å². The summed E-state index contributed by atoms with van der Waals surface area (Å²) in [6.07, 6.45) is 1.98. The van der Waals surface area contributed by atoms with Gasteiger partial charge in [-0.15, -0.1) is 0 Å². The Morgan fingerprint density at radius 1 is 1.67 bits per heavy atom. The van der Waals surface area contributed by atoms with Crippen LogP contribution in [0, 0.1) is 6.92 Å². The summed E-state index contributed by atoms with van der Waals surface area (Å²) in [4.78, 5) is 11.3. The van der Waals surface area contributed by atoms with Crippen molar-refractivity contribution in [3.63, 3.8) is 0 Å². The third kappa shape index (κ3) is 1.49. The summed E-state index contributed by atoms with van der Waals surface area (Å²) in [6.45, 7) is 4.83. The van der Waals surface area contributed by atoms with Gasteiger partial charge in [0.25, 0.3) is 5.91 Å². The van der Waals surface area contributed by atoms with Gasteiger partial charge in [-0.2, -0.15) is 0 Å². The zero-order valence-electron chi connectivity index (χ0n) is 7.72. The zero-order valence-corrected chi connectivity index (χ0v) is 7.72.